The first-order valence-electron chi connectivity index (χ1n) is 7.25. The average Bonchev–Trinajstić information content (AvgIpc) is 3.12. The van der Waals surface area contributed by atoms with Crippen LogP contribution in [0.5, 0.6) is 5.88 Å². The molecule has 1 amide bonds. The van der Waals surface area contributed by atoms with Crippen LogP contribution in [-0.4, -0.2) is 35.5 Å². The van der Waals surface area contributed by atoms with Crippen LogP contribution in [0.4, 0.5) is 0 Å². The molecule has 6 nitrogen and oxygen atoms in total. The number of carbonyl (C=O) groups is 1. The first-order valence-corrected chi connectivity index (χ1v) is 10.3. The van der Waals surface area contributed by atoms with Crippen molar-refractivity contribution in [3.63, 3.8) is 0 Å². The van der Waals surface area contributed by atoms with Gasteiger partial charge in [-0.25, -0.2) is 13.4 Å². The van der Waals surface area contributed by atoms with Gasteiger partial charge in [0.05, 0.1) is 28.5 Å². The van der Waals surface area contributed by atoms with Crippen LogP contribution in [0.1, 0.15) is 17.3 Å². The maximum Gasteiger partial charge on any atom is 0.279 e. The number of nitrogens with zero attached hydrogens (tertiary/aromatic N) is 2. The predicted molar refractivity (Wildman–Crippen MR) is 91.9 cm³/mol. The summed E-state index contributed by atoms with van der Waals surface area (Å²) in [5, 5.41) is 11.9. The van der Waals surface area contributed by atoms with Crippen LogP contribution in [0.2, 0.25) is 0 Å². The van der Waals surface area contributed by atoms with Gasteiger partial charge in [0.15, 0.2) is 13.8 Å². The number of fused-ring (bicyclic) bond motifs is 1. The third-order valence-electron chi connectivity index (χ3n) is 4.23. The summed E-state index contributed by atoms with van der Waals surface area (Å²) in [6, 6.07) is 6.69. The molecule has 2 aromatic rings. The minimum Gasteiger partial charge on any atom is -0.493 e. The molecule has 2 aliphatic heterocycles. The SMILES string of the molecule is O=C1N=c2ccccc2=C1c1sc(=S)n(C2CCS(=O)(=O)C2)c1O. The van der Waals surface area contributed by atoms with Gasteiger partial charge >= 0.3 is 0 Å². The molecule has 4 rings (SSSR count). The number of aromatic hydroxyl groups is 1. The van der Waals surface area contributed by atoms with Crippen LogP contribution >= 0.6 is 23.6 Å². The van der Waals surface area contributed by atoms with E-state index in [0.29, 0.717) is 31.4 Å². The quantitative estimate of drug-likeness (QED) is 0.775. The molecule has 1 atom stereocenters. The van der Waals surface area contributed by atoms with Crippen molar-refractivity contribution in [1.82, 2.24) is 4.57 Å². The molecule has 0 spiro atoms. The highest BCUT2D eigenvalue weighted by molar-refractivity contribution is 7.91. The number of aromatic nitrogens is 1. The number of thiazole rings is 1. The Hall–Kier alpha value is -1.84. The number of carbonyl (C=O) groups excluding carboxylic acids is 1. The summed E-state index contributed by atoms with van der Waals surface area (Å²) >= 11 is 6.42. The molecule has 2 aliphatic rings. The zero-order valence-electron chi connectivity index (χ0n) is 12.3. The van der Waals surface area contributed by atoms with Gasteiger partial charge in [-0.15, -0.1) is 11.3 Å². The molecule has 1 aromatic carbocycles. The fourth-order valence-electron chi connectivity index (χ4n) is 3.12. The monoisotopic (exact) mass is 380 g/mol. The molecule has 1 unspecified atom stereocenters. The molecule has 0 saturated carbocycles. The lowest BCUT2D eigenvalue weighted by Crippen LogP contribution is -2.22. The number of hydrogen-bond acceptors (Lipinski definition) is 6. The highest BCUT2D eigenvalue weighted by Crippen LogP contribution is 2.37. The Bertz CT molecular complexity index is 1160. The molecule has 1 aromatic heterocycles. The van der Waals surface area contributed by atoms with E-state index in [-0.39, 0.29) is 17.4 Å². The number of rotatable bonds is 2. The number of benzene rings is 1. The normalized spacial score (nSPS) is 21.8. The van der Waals surface area contributed by atoms with Crippen LogP contribution in [0.25, 0.3) is 5.57 Å². The molecule has 124 valence electrons. The standard InChI is InChI=1S/C15H12N2O4S3/c18-13-11(9-3-1-2-4-10(9)16-13)12-14(19)17(15(22)23-12)8-5-6-24(20,21)7-8/h1-4,8,19H,5-7H2. The second kappa shape index (κ2) is 5.33. The van der Waals surface area contributed by atoms with E-state index in [1.807, 2.05) is 0 Å². The van der Waals surface area contributed by atoms with Crippen molar-refractivity contribution >= 4 is 44.9 Å². The Morgan fingerprint density at radius 1 is 1.33 bits per heavy atom. The average molecular weight is 380 g/mol. The van der Waals surface area contributed by atoms with E-state index in [4.69, 9.17) is 12.2 Å². The maximum atomic E-state index is 12.3. The molecule has 1 fully saturated rings. The lowest BCUT2D eigenvalue weighted by Gasteiger charge is -2.11. The zero-order valence-corrected chi connectivity index (χ0v) is 14.7. The first-order chi connectivity index (χ1) is 11.4. The fourth-order valence-corrected chi connectivity index (χ4v) is 6.31. The summed E-state index contributed by atoms with van der Waals surface area (Å²) in [5.41, 5.74) is 0.318. The van der Waals surface area contributed by atoms with Gasteiger partial charge in [-0.05, 0) is 24.7 Å². The molecule has 0 aliphatic carbocycles. The van der Waals surface area contributed by atoms with Gasteiger partial charge in [-0.3, -0.25) is 9.36 Å². The van der Waals surface area contributed by atoms with E-state index in [0.717, 1.165) is 11.3 Å². The van der Waals surface area contributed by atoms with Crippen LogP contribution in [0, 0.1) is 3.95 Å². The summed E-state index contributed by atoms with van der Waals surface area (Å²) in [5.74, 6) is -0.538. The zero-order chi connectivity index (χ0) is 17.1. The minimum absolute atomic E-state index is 0.0463. The van der Waals surface area contributed by atoms with E-state index in [1.165, 1.54) is 4.57 Å². The molecule has 1 saturated heterocycles. The molecule has 1 N–H and O–H groups in total. The highest BCUT2D eigenvalue weighted by Gasteiger charge is 2.33. The van der Waals surface area contributed by atoms with Crippen molar-refractivity contribution in [2.45, 2.75) is 12.5 Å². The van der Waals surface area contributed by atoms with Crippen LogP contribution < -0.4 is 10.6 Å². The Kier molecular flexibility index (Phi) is 3.48. The molecule has 3 heterocycles. The highest BCUT2D eigenvalue weighted by atomic mass is 32.2. The third-order valence-corrected chi connectivity index (χ3v) is 7.39. The minimum atomic E-state index is -3.11. The molecule has 0 radical (unpaired) electrons. The lowest BCUT2D eigenvalue weighted by molar-refractivity contribution is -0.112. The smallest absolute Gasteiger partial charge is 0.279 e. The first kappa shape index (κ1) is 15.7. The molecule has 9 heteroatoms. The van der Waals surface area contributed by atoms with E-state index in [2.05, 4.69) is 4.99 Å². The Morgan fingerprint density at radius 3 is 2.79 bits per heavy atom. The fraction of sp³-hybridized carbons (Fsp3) is 0.267. The molecular formula is C15H12N2O4S3. The Labute approximate surface area is 146 Å². The van der Waals surface area contributed by atoms with Crippen molar-refractivity contribution in [2.75, 3.05) is 11.5 Å². The summed E-state index contributed by atoms with van der Waals surface area (Å²) < 4.78 is 25.2. The van der Waals surface area contributed by atoms with Crippen molar-refractivity contribution in [3.05, 3.63) is 43.7 Å². The van der Waals surface area contributed by atoms with Crippen molar-refractivity contribution in [1.29, 1.82) is 0 Å². The number of amides is 1. The van der Waals surface area contributed by atoms with Gasteiger partial charge in [0, 0.05) is 5.22 Å². The summed E-state index contributed by atoms with van der Waals surface area (Å²) in [4.78, 5) is 16.6. The molecule has 24 heavy (non-hydrogen) atoms. The Balaban J connectivity index is 1.92. The van der Waals surface area contributed by atoms with E-state index < -0.39 is 21.8 Å². The summed E-state index contributed by atoms with van der Waals surface area (Å²) in [7, 11) is -3.11. The van der Waals surface area contributed by atoms with Gasteiger partial charge < -0.3 is 5.11 Å². The van der Waals surface area contributed by atoms with Crippen molar-refractivity contribution < 1.29 is 18.3 Å². The number of para-hydroxylation sites is 1. The second-order valence-electron chi connectivity index (χ2n) is 5.76. The van der Waals surface area contributed by atoms with E-state index >= 15 is 0 Å². The van der Waals surface area contributed by atoms with Gasteiger partial charge in [-0.1, -0.05) is 18.2 Å². The van der Waals surface area contributed by atoms with Crippen LogP contribution in [0.3, 0.4) is 0 Å². The number of hydrogen-bond donors (Lipinski definition) is 1. The number of sulfone groups is 1. The summed E-state index contributed by atoms with van der Waals surface area (Å²) in [6.45, 7) is 0. The van der Waals surface area contributed by atoms with Crippen molar-refractivity contribution in [2.24, 2.45) is 4.99 Å². The molecule has 0 bridgehead atoms. The second-order valence-corrected chi connectivity index (χ2v) is 9.63. The Morgan fingerprint density at radius 2 is 2.08 bits per heavy atom. The largest absolute Gasteiger partial charge is 0.493 e. The summed E-state index contributed by atoms with van der Waals surface area (Å²) in [6.07, 6.45) is 0.407. The van der Waals surface area contributed by atoms with Gasteiger partial charge in [0.1, 0.15) is 4.88 Å². The van der Waals surface area contributed by atoms with E-state index in [1.54, 1.807) is 24.3 Å². The maximum absolute atomic E-state index is 12.3. The van der Waals surface area contributed by atoms with Crippen molar-refractivity contribution in [3.8, 4) is 5.88 Å². The predicted octanol–water partition coefficient (Wildman–Crippen LogP) is 0.703. The topological polar surface area (TPSA) is 88.7 Å². The molecular weight excluding hydrogens is 368 g/mol. The van der Waals surface area contributed by atoms with Gasteiger partial charge in [0.25, 0.3) is 5.91 Å². The van der Waals surface area contributed by atoms with Gasteiger partial charge in [-0.2, -0.15) is 0 Å². The van der Waals surface area contributed by atoms with Crippen LogP contribution in [-0.2, 0) is 14.6 Å². The third kappa shape index (κ3) is 2.35. The van der Waals surface area contributed by atoms with Crippen LogP contribution in [0.15, 0.2) is 29.3 Å². The van der Waals surface area contributed by atoms with E-state index in [9.17, 15) is 18.3 Å². The van der Waals surface area contributed by atoms with Gasteiger partial charge in [0.2, 0.25) is 5.88 Å². The lowest BCUT2D eigenvalue weighted by atomic mass is 10.1.